The van der Waals surface area contributed by atoms with Crippen molar-refractivity contribution in [3.05, 3.63) is 24.0 Å². The molecular formula is C13H18N4O. The van der Waals surface area contributed by atoms with E-state index in [1.54, 1.807) is 0 Å². The van der Waals surface area contributed by atoms with Crippen molar-refractivity contribution >= 4 is 11.7 Å². The van der Waals surface area contributed by atoms with E-state index in [-0.39, 0.29) is 6.03 Å². The molecule has 0 unspecified atom stereocenters. The predicted octanol–water partition coefficient (Wildman–Crippen LogP) is 1.84. The highest BCUT2D eigenvalue weighted by Gasteiger charge is 2.18. The lowest BCUT2D eigenvalue weighted by atomic mass is 10.2. The van der Waals surface area contributed by atoms with E-state index in [9.17, 15) is 4.79 Å². The van der Waals surface area contributed by atoms with E-state index < -0.39 is 0 Å². The zero-order valence-corrected chi connectivity index (χ0v) is 10.4. The Hall–Kier alpha value is -1.78. The van der Waals surface area contributed by atoms with Gasteiger partial charge < -0.3 is 9.88 Å². The molecule has 1 aliphatic carbocycles. The van der Waals surface area contributed by atoms with Gasteiger partial charge in [-0.2, -0.15) is 5.10 Å². The van der Waals surface area contributed by atoms with Crippen LogP contribution in [-0.4, -0.2) is 22.4 Å². The second-order valence-electron chi connectivity index (χ2n) is 4.96. The number of aryl methyl sites for hydroxylation is 1. The Morgan fingerprint density at radius 2 is 2.22 bits per heavy atom. The Labute approximate surface area is 106 Å². The number of fused-ring (bicyclic) bond motifs is 1. The first-order chi connectivity index (χ1) is 8.83. The summed E-state index contributed by atoms with van der Waals surface area (Å²) in [6.45, 7) is 0.951. The van der Waals surface area contributed by atoms with Crippen molar-refractivity contribution in [2.45, 2.75) is 44.7 Å². The highest BCUT2D eigenvalue weighted by atomic mass is 16.2. The molecule has 0 saturated heterocycles. The van der Waals surface area contributed by atoms with Gasteiger partial charge in [-0.1, -0.05) is 12.8 Å². The summed E-state index contributed by atoms with van der Waals surface area (Å²) in [6.07, 6.45) is 7.54. The molecule has 2 aliphatic rings. The first kappa shape index (κ1) is 11.3. The zero-order chi connectivity index (χ0) is 12.4. The van der Waals surface area contributed by atoms with Gasteiger partial charge in [0, 0.05) is 25.2 Å². The molecule has 0 spiro atoms. The summed E-state index contributed by atoms with van der Waals surface area (Å²) in [5, 5.41) is 7.17. The molecule has 1 fully saturated rings. The smallest absolute Gasteiger partial charge is 0.335 e. The Balaban J connectivity index is 1.56. The number of rotatable bonds is 2. The van der Waals surface area contributed by atoms with Crippen LogP contribution < -0.4 is 10.7 Å². The van der Waals surface area contributed by atoms with E-state index in [0.717, 1.165) is 37.2 Å². The minimum Gasteiger partial charge on any atom is -0.346 e. The normalized spacial score (nSPS) is 21.2. The summed E-state index contributed by atoms with van der Waals surface area (Å²) in [7, 11) is 0. The van der Waals surface area contributed by atoms with E-state index in [4.69, 9.17) is 0 Å². The van der Waals surface area contributed by atoms with Crippen LogP contribution in [0.2, 0.25) is 0 Å². The molecule has 2 heterocycles. The fourth-order valence-electron chi connectivity index (χ4n) is 2.74. The number of urea groups is 1. The van der Waals surface area contributed by atoms with Gasteiger partial charge in [0.2, 0.25) is 0 Å². The highest BCUT2D eigenvalue weighted by molar-refractivity contribution is 6.01. The molecule has 3 rings (SSSR count). The zero-order valence-electron chi connectivity index (χ0n) is 10.4. The van der Waals surface area contributed by atoms with E-state index in [2.05, 4.69) is 20.4 Å². The van der Waals surface area contributed by atoms with Crippen molar-refractivity contribution in [2.24, 2.45) is 5.10 Å². The van der Waals surface area contributed by atoms with Gasteiger partial charge in [-0.25, -0.2) is 10.2 Å². The van der Waals surface area contributed by atoms with E-state index in [0.29, 0.717) is 6.04 Å². The summed E-state index contributed by atoms with van der Waals surface area (Å²) in [5.74, 6) is 0. The highest BCUT2D eigenvalue weighted by Crippen LogP contribution is 2.17. The SMILES string of the molecule is O=C(N/N=C1/CCn2cccc21)NC1CCCC1. The van der Waals surface area contributed by atoms with Gasteiger partial charge in [0.05, 0.1) is 11.4 Å². The molecule has 5 nitrogen and oxygen atoms in total. The van der Waals surface area contributed by atoms with Crippen LogP contribution >= 0.6 is 0 Å². The third-order valence-electron chi connectivity index (χ3n) is 3.70. The van der Waals surface area contributed by atoms with Gasteiger partial charge >= 0.3 is 6.03 Å². The van der Waals surface area contributed by atoms with E-state index >= 15 is 0 Å². The van der Waals surface area contributed by atoms with E-state index in [1.165, 1.54) is 12.8 Å². The van der Waals surface area contributed by atoms with Crippen molar-refractivity contribution in [1.29, 1.82) is 0 Å². The van der Waals surface area contributed by atoms with Crippen LogP contribution in [0.15, 0.2) is 23.4 Å². The van der Waals surface area contributed by atoms with Crippen molar-refractivity contribution in [3.8, 4) is 0 Å². The van der Waals surface area contributed by atoms with E-state index in [1.807, 2.05) is 18.3 Å². The fraction of sp³-hybridized carbons (Fsp3) is 0.538. The van der Waals surface area contributed by atoms with Crippen LogP contribution in [0.25, 0.3) is 0 Å². The summed E-state index contributed by atoms with van der Waals surface area (Å²) in [6, 6.07) is 4.18. The average Bonchev–Trinajstić information content (AvgIpc) is 3.03. The van der Waals surface area contributed by atoms with Gasteiger partial charge in [0.1, 0.15) is 0 Å². The minimum absolute atomic E-state index is 0.181. The number of aromatic nitrogens is 1. The van der Waals surface area contributed by atoms with Gasteiger partial charge in [-0.05, 0) is 25.0 Å². The van der Waals surface area contributed by atoms with Crippen LogP contribution in [0.5, 0.6) is 0 Å². The maximum atomic E-state index is 11.7. The number of carbonyl (C=O) groups is 1. The second kappa shape index (κ2) is 4.84. The van der Waals surface area contributed by atoms with Crippen molar-refractivity contribution < 1.29 is 4.79 Å². The molecule has 1 aromatic heterocycles. The third-order valence-corrected chi connectivity index (χ3v) is 3.70. The summed E-state index contributed by atoms with van der Waals surface area (Å²) >= 11 is 0. The Kier molecular flexibility index (Phi) is 3.04. The lowest BCUT2D eigenvalue weighted by Gasteiger charge is -2.10. The van der Waals surface area contributed by atoms with Crippen molar-refractivity contribution in [3.63, 3.8) is 0 Å². The molecule has 0 bridgehead atoms. The summed E-state index contributed by atoms with van der Waals surface area (Å²) in [5.41, 5.74) is 4.67. The van der Waals surface area contributed by atoms with Crippen LogP contribution in [0, 0.1) is 0 Å². The number of nitrogens with zero attached hydrogens (tertiary/aromatic N) is 2. The molecule has 2 amide bonds. The fourth-order valence-corrected chi connectivity index (χ4v) is 2.74. The topological polar surface area (TPSA) is 58.4 Å². The molecule has 1 saturated carbocycles. The predicted molar refractivity (Wildman–Crippen MR) is 69.5 cm³/mol. The van der Waals surface area contributed by atoms with Gasteiger partial charge in [0.25, 0.3) is 0 Å². The summed E-state index contributed by atoms with van der Waals surface area (Å²) in [4.78, 5) is 11.7. The minimum atomic E-state index is -0.181. The maximum Gasteiger partial charge on any atom is 0.335 e. The number of hydrazone groups is 1. The molecule has 0 atom stereocenters. The summed E-state index contributed by atoms with van der Waals surface area (Å²) < 4.78 is 2.15. The van der Waals surface area contributed by atoms with Crippen LogP contribution in [-0.2, 0) is 6.54 Å². The lowest BCUT2D eigenvalue weighted by molar-refractivity contribution is 0.237. The molecule has 0 radical (unpaired) electrons. The molecule has 18 heavy (non-hydrogen) atoms. The Morgan fingerprint density at radius 1 is 1.39 bits per heavy atom. The second-order valence-corrected chi connectivity index (χ2v) is 4.96. The number of nitrogens with one attached hydrogen (secondary N) is 2. The Bertz CT molecular complexity index is 471. The number of hydrogen-bond acceptors (Lipinski definition) is 2. The molecule has 0 aromatic carbocycles. The van der Waals surface area contributed by atoms with Crippen LogP contribution in [0.3, 0.4) is 0 Å². The van der Waals surface area contributed by atoms with Crippen LogP contribution in [0.1, 0.15) is 37.8 Å². The molecule has 1 aromatic rings. The molecular weight excluding hydrogens is 228 g/mol. The van der Waals surface area contributed by atoms with Gasteiger partial charge in [-0.3, -0.25) is 0 Å². The largest absolute Gasteiger partial charge is 0.346 e. The van der Waals surface area contributed by atoms with Crippen LogP contribution in [0.4, 0.5) is 4.79 Å². The first-order valence-corrected chi connectivity index (χ1v) is 6.61. The molecule has 96 valence electrons. The quantitative estimate of drug-likeness (QED) is 0.769. The van der Waals surface area contributed by atoms with Crippen molar-refractivity contribution in [1.82, 2.24) is 15.3 Å². The monoisotopic (exact) mass is 246 g/mol. The van der Waals surface area contributed by atoms with Crippen molar-refractivity contribution in [2.75, 3.05) is 0 Å². The Morgan fingerprint density at radius 3 is 3.06 bits per heavy atom. The first-order valence-electron chi connectivity index (χ1n) is 6.61. The standard InChI is InChI=1S/C13H18N4O/c18-13(14-10-4-1-2-5-10)16-15-11-7-9-17-8-3-6-12(11)17/h3,6,8,10H,1-2,4-5,7,9H2,(H2,14,16,18)/b15-11-. The van der Waals surface area contributed by atoms with Gasteiger partial charge in [0.15, 0.2) is 0 Å². The maximum absolute atomic E-state index is 11.7. The average molecular weight is 246 g/mol. The molecule has 1 aliphatic heterocycles. The number of carbonyl (C=O) groups excluding carboxylic acids is 1. The molecule has 2 N–H and O–H groups in total. The van der Waals surface area contributed by atoms with Gasteiger partial charge in [-0.15, -0.1) is 0 Å². The third kappa shape index (κ3) is 2.25. The number of hydrogen-bond donors (Lipinski definition) is 2. The number of amides is 2. The lowest BCUT2D eigenvalue weighted by Crippen LogP contribution is -2.39. The molecule has 5 heteroatoms.